The van der Waals surface area contributed by atoms with Crippen molar-refractivity contribution in [2.45, 2.75) is 26.8 Å². The molecule has 1 N–H and O–H groups in total. The Morgan fingerprint density at radius 2 is 2.07 bits per heavy atom. The third kappa shape index (κ3) is 3.00. The average molecular weight is 427 g/mol. The molecule has 1 aliphatic heterocycles. The van der Waals surface area contributed by atoms with Gasteiger partial charge in [0.2, 0.25) is 11.8 Å². The number of aromatic nitrogens is 7. The van der Waals surface area contributed by atoms with E-state index in [4.69, 9.17) is 21.1 Å². The van der Waals surface area contributed by atoms with Gasteiger partial charge in [-0.05, 0) is 25.5 Å². The molecule has 0 fully saturated rings. The van der Waals surface area contributed by atoms with E-state index in [9.17, 15) is 0 Å². The van der Waals surface area contributed by atoms with Crippen molar-refractivity contribution in [2.24, 2.45) is 0 Å². The monoisotopic (exact) mass is 426 g/mol. The fourth-order valence-corrected chi connectivity index (χ4v) is 3.66. The van der Waals surface area contributed by atoms with E-state index in [0.29, 0.717) is 59.2 Å². The summed E-state index contributed by atoms with van der Waals surface area (Å²) in [6.45, 7) is 4.97. The summed E-state index contributed by atoms with van der Waals surface area (Å²) >= 11 is 6.22. The maximum absolute atomic E-state index is 6.22. The van der Waals surface area contributed by atoms with Crippen molar-refractivity contribution in [1.82, 2.24) is 34.5 Å². The fraction of sp³-hybridized carbons (Fsp3) is 0.316. The molecule has 154 valence electrons. The molecule has 4 aromatic heterocycles. The quantitative estimate of drug-likeness (QED) is 0.521. The normalized spacial score (nSPS) is 13.5. The Hall–Kier alpha value is -3.40. The van der Waals surface area contributed by atoms with E-state index in [-0.39, 0.29) is 0 Å². The van der Waals surface area contributed by atoms with E-state index >= 15 is 0 Å². The molecule has 30 heavy (non-hydrogen) atoms. The highest BCUT2D eigenvalue weighted by molar-refractivity contribution is 6.34. The van der Waals surface area contributed by atoms with Crippen LogP contribution in [0, 0.1) is 13.8 Å². The first-order chi connectivity index (χ1) is 14.5. The van der Waals surface area contributed by atoms with Crippen molar-refractivity contribution >= 4 is 34.3 Å². The smallest absolute Gasteiger partial charge is 0.257 e. The molecule has 0 amide bonds. The van der Waals surface area contributed by atoms with Gasteiger partial charge in [0.05, 0.1) is 24.8 Å². The van der Waals surface area contributed by atoms with Gasteiger partial charge in [-0.2, -0.15) is 10.1 Å². The molecule has 0 atom stereocenters. The lowest BCUT2D eigenvalue weighted by atomic mass is 10.3. The summed E-state index contributed by atoms with van der Waals surface area (Å²) < 4.78 is 15.0. The van der Waals surface area contributed by atoms with Crippen LogP contribution >= 0.6 is 11.6 Å². The number of aryl methyl sites for hydroxylation is 2. The van der Waals surface area contributed by atoms with Crippen molar-refractivity contribution in [3.05, 3.63) is 34.9 Å². The van der Waals surface area contributed by atoms with Crippen LogP contribution in [-0.2, 0) is 6.54 Å². The molecule has 1 aliphatic rings. The number of hydrogen-bond acceptors (Lipinski definition) is 8. The lowest BCUT2D eigenvalue weighted by Crippen LogP contribution is -2.07. The van der Waals surface area contributed by atoms with Crippen molar-refractivity contribution in [2.75, 3.05) is 19.0 Å². The van der Waals surface area contributed by atoms with E-state index < -0.39 is 0 Å². The van der Waals surface area contributed by atoms with E-state index in [1.165, 1.54) is 0 Å². The molecule has 10 nitrogen and oxygen atoms in total. The van der Waals surface area contributed by atoms with E-state index in [1.54, 1.807) is 28.9 Å². The molecule has 5 heterocycles. The number of hydrogen-bond donors (Lipinski definition) is 1. The molecule has 4 aromatic rings. The van der Waals surface area contributed by atoms with Crippen molar-refractivity contribution in [3.8, 4) is 17.4 Å². The van der Waals surface area contributed by atoms with Gasteiger partial charge in [-0.1, -0.05) is 11.6 Å². The number of nitrogens with zero attached hydrogens (tertiary/aromatic N) is 7. The van der Waals surface area contributed by atoms with Crippen LogP contribution < -0.4 is 14.8 Å². The number of nitrogens with one attached hydrogen (secondary N) is 1. The molecular formula is C19H19ClN8O2. The minimum Gasteiger partial charge on any atom is -0.479 e. The van der Waals surface area contributed by atoms with Gasteiger partial charge in [-0.25, -0.2) is 19.3 Å². The summed E-state index contributed by atoms with van der Waals surface area (Å²) in [6.07, 6.45) is 4.14. The molecule has 5 rings (SSSR count). The molecular weight excluding hydrogens is 408 g/mol. The zero-order valence-corrected chi connectivity index (χ0v) is 17.4. The van der Waals surface area contributed by atoms with Crippen LogP contribution in [0.3, 0.4) is 0 Å². The summed E-state index contributed by atoms with van der Waals surface area (Å²) in [7, 11) is 1.58. The minimum absolute atomic E-state index is 0.387. The second-order valence-corrected chi connectivity index (χ2v) is 7.35. The third-order valence-corrected chi connectivity index (χ3v) is 5.19. The van der Waals surface area contributed by atoms with Crippen LogP contribution in [0.5, 0.6) is 11.8 Å². The molecule has 0 radical (unpaired) electrons. The van der Waals surface area contributed by atoms with Crippen LogP contribution in [0.25, 0.3) is 16.7 Å². The van der Waals surface area contributed by atoms with Gasteiger partial charge in [0.15, 0.2) is 10.8 Å². The molecule has 0 aliphatic carbocycles. The van der Waals surface area contributed by atoms with Crippen LogP contribution in [-0.4, -0.2) is 48.2 Å². The Bertz CT molecular complexity index is 1270. The molecule has 11 heteroatoms. The van der Waals surface area contributed by atoms with Crippen molar-refractivity contribution < 1.29 is 9.47 Å². The average Bonchev–Trinajstić information content (AvgIpc) is 3.21. The van der Waals surface area contributed by atoms with E-state index in [1.807, 2.05) is 19.9 Å². The van der Waals surface area contributed by atoms with Crippen LogP contribution in [0.2, 0.25) is 5.15 Å². The molecule has 0 saturated heterocycles. The molecule has 0 aromatic carbocycles. The summed E-state index contributed by atoms with van der Waals surface area (Å²) in [5, 5.41) is 13.4. The fourth-order valence-electron chi connectivity index (χ4n) is 3.44. The number of methoxy groups -OCH3 is 1. The lowest BCUT2D eigenvalue weighted by Gasteiger charge is -2.10. The van der Waals surface area contributed by atoms with Crippen LogP contribution in [0.4, 0.5) is 11.6 Å². The number of halogens is 1. The SMILES string of the molecule is COc1ncc(C)cc1-n1nc2c(c1C)Nc1ncc3c(Cl)nn(c3n1)CCCO2. The number of anilines is 2. The van der Waals surface area contributed by atoms with Crippen molar-refractivity contribution in [3.63, 3.8) is 0 Å². The topological polar surface area (TPSA) is 105 Å². The zero-order valence-electron chi connectivity index (χ0n) is 16.7. The first kappa shape index (κ1) is 18.6. The molecule has 0 unspecified atom stereocenters. The van der Waals surface area contributed by atoms with Crippen LogP contribution in [0.1, 0.15) is 17.7 Å². The summed E-state index contributed by atoms with van der Waals surface area (Å²) in [5.74, 6) is 1.34. The van der Waals surface area contributed by atoms with Gasteiger partial charge in [0.25, 0.3) is 5.88 Å². The molecule has 2 bridgehead atoms. The van der Waals surface area contributed by atoms with Gasteiger partial charge in [-0.15, -0.1) is 5.10 Å². The standard InChI is InChI=1S/C19H19ClN8O2/c1-10-7-13(17(29-3)21-8-10)28-11(2)14-18(26-28)30-6-4-5-27-16-12(15(20)25-27)9-22-19(23-14)24-16/h7-9H,4-6H2,1-3H3,(H,22,23,24). The van der Waals surface area contributed by atoms with E-state index in [0.717, 1.165) is 16.9 Å². The Labute approximate surface area is 176 Å². The van der Waals surface area contributed by atoms with E-state index in [2.05, 4.69) is 30.5 Å². The van der Waals surface area contributed by atoms with Gasteiger partial charge in [-0.3, -0.25) is 0 Å². The maximum Gasteiger partial charge on any atom is 0.257 e. The molecule has 0 spiro atoms. The Morgan fingerprint density at radius 3 is 2.90 bits per heavy atom. The number of ether oxygens (including phenoxy) is 2. The third-order valence-electron chi connectivity index (χ3n) is 4.91. The predicted octanol–water partition coefficient (Wildman–Crippen LogP) is 3.21. The first-order valence-electron chi connectivity index (χ1n) is 9.44. The Balaban J connectivity index is 1.65. The summed E-state index contributed by atoms with van der Waals surface area (Å²) in [4.78, 5) is 13.4. The zero-order chi connectivity index (χ0) is 20.8. The highest BCUT2D eigenvalue weighted by Crippen LogP contribution is 2.34. The Morgan fingerprint density at radius 1 is 1.20 bits per heavy atom. The summed E-state index contributed by atoms with van der Waals surface area (Å²) in [5.41, 5.74) is 3.88. The largest absolute Gasteiger partial charge is 0.479 e. The van der Waals surface area contributed by atoms with Crippen molar-refractivity contribution in [1.29, 1.82) is 0 Å². The van der Waals surface area contributed by atoms with Gasteiger partial charge < -0.3 is 14.8 Å². The number of rotatable bonds is 2. The van der Waals surface area contributed by atoms with Gasteiger partial charge in [0, 0.05) is 25.4 Å². The highest BCUT2D eigenvalue weighted by atomic mass is 35.5. The minimum atomic E-state index is 0.387. The lowest BCUT2D eigenvalue weighted by molar-refractivity contribution is 0.288. The molecule has 0 saturated carbocycles. The van der Waals surface area contributed by atoms with Gasteiger partial charge >= 0.3 is 0 Å². The summed E-state index contributed by atoms with van der Waals surface area (Å²) in [6, 6.07) is 1.96. The first-order valence-corrected chi connectivity index (χ1v) is 9.82. The number of pyridine rings is 1. The predicted molar refractivity (Wildman–Crippen MR) is 111 cm³/mol. The Kier molecular flexibility index (Phi) is 4.43. The second kappa shape index (κ2) is 7.13. The maximum atomic E-state index is 6.22. The van der Waals surface area contributed by atoms with Crippen LogP contribution in [0.15, 0.2) is 18.5 Å². The highest BCUT2D eigenvalue weighted by Gasteiger charge is 2.22. The number of fused-ring (bicyclic) bond motifs is 2. The van der Waals surface area contributed by atoms with Gasteiger partial charge in [0.1, 0.15) is 11.4 Å². The second-order valence-electron chi connectivity index (χ2n) is 6.99.